The highest BCUT2D eigenvalue weighted by molar-refractivity contribution is 5.61. The van der Waals surface area contributed by atoms with Crippen LogP contribution in [0.25, 0.3) is 0 Å². The van der Waals surface area contributed by atoms with Gasteiger partial charge in [-0.2, -0.15) is 5.10 Å². The highest BCUT2D eigenvalue weighted by Gasteiger charge is 2.31. The summed E-state index contributed by atoms with van der Waals surface area (Å²) < 4.78 is 1.76. The maximum Gasteiger partial charge on any atom is 0.173 e. The monoisotopic (exact) mass is 194 g/mol. The van der Waals surface area contributed by atoms with Gasteiger partial charge in [0.15, 0.2) is 5.82 Å². The van der Waals surface area contributed by atoms with Gasteiger partial charge in [0.05, 0.1) is 5.69 Å². The third-order valence-corrected chi connectivity index (χ3v) is 3.09. The number of aromatic nitrogens is 2. The summed E-state index contributed by atoms with van der Waals surface area (Å²) in [5.41, 5.74) is 6.64. The summed E-state index contributed by atoms with van der Waals surface area (Å²) in [6.45, 7) is 2.24. The van der Waals surface area contributed by atoms with Gasteiger partial charge >= 0.3 is 0 Å². The fraction of sp³-hybridized carbons (Fsp3) is 0.700. The first-order chi connectivity index (χ1) is 6.59. The first kappa shape index (κ1) is 9.37. The van der Waals surface area contributed by atoms with Crippen LogP contribution in [0.1, 0.15) is 19.8 Å². The molecule has 1 aromatic heterocycles. The van der Waals surface area contributed by atoms with Gasteiger partial charge in [0.2, 0.25) is 0 Å². The van der Waals surface area contributed by atoms with Gasteiger partial charge in [-0.15, -0.1) is 0 Å². The Balaban J connectivity index is 2.16. The Morgan fingerprint density at radius 1 is 1.64 bits per heavy atom. The SMILES string of the molecule is CC(C1CC1)N(C)c1nn(C)cc1N. The van der Waals surface area contributed by atoms with Gasteiger partial charge in [-0.1, -0.05) is 0 Å². The van der Waals surface area contributed by atoms with Gasteiger partial charge in [0.25, 0.3) is 0 Å². The molecule has 0 bridgehead atoms. The third-order valence-electron chi connectivity index (χ3n) is 3.09. The predicted octanol–water partition coefficient (Wildman–Crippen LogP) is 1.24. The van der Waals surface area contributed by atoms with E-state index in [0.717, 1.165) is 17.4 Å². The summed E-state index contributed by atoms with van der Waals surface area (Å²) in [6, 6.07) is 0.548. The van der Waals surface area contributed by atoms with Crippen LogP contribution in [0, 0.1) is 5.92 Å². The molecule has 1 fully saturated rings. The molecule has 1 saturated carbocycles. The van der Waals surface area contributed by atoms with Gasteiger partial charge < -0.3 is 10.6 Å². The minimum Gasteiger partial charge on any atom is -0.394 e. The van der Waals surface area contributed by atoms with E-state index in [0.29, 0.717) is 6.04 Å². The summed E-state index contributed by atoms with van der Waals surface area (Å²) in [7, 11) is 3.97. The number of aryl methyl sites for hydroxylation is 1. The first-order valence-electron chi connectivity index (χ1n) is 5.11. The van der Waals surface area contributed by atoms with Crippen molar-refractivity contribution in [1.82, 2.24) is 9.78 Å². The Labute approximate surface area is 84.7 Å². The number of nitrogen functional groups attached to an aromatic ring is 1. The molecular weight excluding hydrogens is 176 g/mol. The maximum atomic E-state index is 5.88. The molecule has 2 rings (SSSR count). The molecule has 1 atom stereocenters. The predicted molar refractivity (Wildman–Crippen MR) is 58.2 cm³/mol. The molecule has 0 radical (unpaired) electrons. The Kier molecular flexibility index (Phi) is 2.13. The molecule has 1 aliphatic carbocycles. The molecule has 1 heterocycles. The molecule has 0 aliphatic heterocycles. The van der Waals surface area contributed by atoms with Crippen molar-refractivity contribution in [3.8, 4) is 0 Å². The van der Waals surface area contributed by atoms with E-state index >= 15 is 0 Å². The molecule has 0 aromatic carbocycles. The van der Waals surface area contributed by atoms with E-state index < -0.39 is 0 Å². The van der Waals surface area contributed by atoms with Crippen LogP contribution in [0.5, 0.6) is 0 Å². The second kappa shape index (κ2) is 3.19. The van der Waals surface area contributed by atoms with Crippen LogP contribution in [0.4, 0.5) is 11.5 Å². The van der Waals surface area contributed by atoms with Crippen molar-refractivity contribution in [2.24, 2.45) is 13.0 Å². The molecule has 0 amide bonds. The van der Waals surface area contributed by atoms with Crippen LogP contribution in [-0.4, -0.2) is 22.9 Å². The Morgan fingerprint density at radius 3 is 2.71 bits per heavy atom. The fourth-order valence-electron chi connectivity index (χ4n) is 1.86. The lowest BCUT2D eigenvalue weighted by Crippen LogP contribution is -2.31. The molecule has 2 N–H and O–H groups in total. The molecule has 78 valence electrons. The zero-order chi connectivity index (χ0) is 10.3. The van der Waals surface area contributed by atoms with E-state index in [9.17, 15) is 0 Å². The zero-order valence-corrected chi connectivity index (χ0v) is 9.07. The van der Waals surface area contributed by atoms with Crippen molar-refractivity contribution in [3.63, 3.8) is 0 Å². The second-order valence-corrected chi connectivity index (χ2v) is 4.27. The van der Waals surface area contributed by atoms with E-state index in [4.69, 9.17) is 5.73 Å². The number of anilines is 2. The maximum absolute atomic E-state index is 5.88. The molecule has 0 saturated heterocycles. The Hall–Kier alpha value is -1.19. The zero-order valence-electron chi connectivity index (χ0n) is 9.07. The van der Waals surface area contributed by atoms with Crippen LogP contribution < -0.4 is 10.6 Å². The Morgan fingerprint density at radius 2 is 2.29 bits per heavy atom. The molecule has 1 aromatic rings. The van der Waals surface area contributed by atoms with Crippen molar-refractivity contribution in [2.75, 3.05) is 17.7 Å². The quantitative estimate of drug-likeness (QED) is 0.787. The van der Waals surface area contributed by atoms with Gasteiger partial charge in [0, 0.05) is 26.3 Å². The highest BCUT2D eigenvalue weighted by Crippen LogP contribution is 2.36. The average molecular weight is 194 g/mol. The number of hydrogen-bond donors (Lipinski definition) is 1. The highest BCUT2D eigenvalue weighted by atomic mass is 15.3. The Bertz CT molecular complexity index is 327. The summed E-state index contributed by atoms with van der Waals surface area (Å²) >= 11 is 0. The largest absolute Gasteiger partial charge is 0.394 e. The smallest absolute Gasteiger partial charge is 0.173 e. The van der Waals surface area contributed by atoms with Crippen LogP contribution in [0.15, 0.2) is 6.20 Å². The third kappa shape index (κ3) is 1.56. The normalized spacial score (nSPS) is 18.2. The van der Waals surface area contributed by atoms with E-state index in [1.54, 1.807) is 4.68 Å². The summed E-state index contributed by atoms with van der Waals surface area (Å²) in [5.74, 6) is 1.74. The molecule has 4 heteroatoms. The molecule has 14 heavy (non-hydrogen) atoms. The molecule has 1 unspecified atom stereocenters. The number of rotatable bonds is 3. The summed E-state index contributed by atoms with van der Waals surface area (Å²) in [6.07, 6.45) is 4.54. The molecular formula is C10H18N4. The van der Waals surface area contributed by atoms with Crippen molar-refractivity contribution in [2.45, 2.75) is 25.8 Å². The fourth-order valence-corrected chi connectivity index (χ4v) is 1.86. The molecule has 1 aliphatic rings. The number of hydrogen-bond acceptors (Lipinski definition) is 3. The lowest BCUT2D eigenvalue weighted by Gasteiger charge is -2.24. The van der Waals surface area contributed by atoms with Crippen LogP contribution in [0.2, 0.25) is 0 Å². The van der Waals surface area contributed by atoms with Crippen molar-refractivity contribution in [1.29, 1.82) is 0 Å². The topological polar surface area (TPSA) is 47.1 Å². The van der Waals surface area contributed by atoms with E-state index in [1.165, 1.54) is 12.8 Å². The second-order valence-electron chi connectivity index (χ2n) is 4.27. The van der Waals surface area contributed by atoms with Gasteiger partial charge in [0.1, 0.15) is 0 Å². The summed E-state index contributed by atoms with van der Waals surface area (Å²) in [5, 5.41) is 4.36. The van der Waals surface area contributed by atoms with E-state index in [2.05, 4.69) is 24.0 Å². The van der Waals surface area contributed by atoms with Gasteiger partial charge in [-0.25, -0.2) is 0 Å². The van der Waals surface area contributed by atoms with Crippen LogP contribution in [0.3, 0.4) is 0 Å². The van der Waals surface area contributed by atoms with Crippen molar-refractivity contribution < 1.29 is 0 Å². The lowest BCUT2D eigenvalue weighted by atomic mass is 10.2. The lowest BCUT2D eigenvalue weighted by molar-refractivity contribution is 0.599. The minimum atomic E-state index is 0.548. The van der Waals surface area contributed by atoms with Crippen molar-refractivity contribution >= 4 is 11.5 Å². The van der Waals surface area contributed by atoms with Gasteiger partial charge in [-0.3, -0.25) is 4.68 Å². The first-order valence-corrected chi connectivity index (χ1v) is 5.11. The standard InChI is InChI=1S/C10H18N4/c1-7(8-4-5-8)14(3)10-9(11)6-13(2)12-10/h6-8H,4-5,11H2,1-3H3. The molecule has 0 spiro atoms. The van der Waals surface area contributed by atoms with E-state index in [-0.39, 0.29) is 0 Å². The van der Waals surface area contributed by atoms with Gasteiger partial charge in [-0.05, 0) is 25.7 Å². The van der Waals surface area contributed by atoms with E-state index in [1.807, 2.05) is 13.2 Å². The average Bonchev–Trinajstić information content (AvgIpc) is 2.90. The number of nitrogens with zero attached hydrogens (tertiary/aromatic N) is 3. The summed E-state index contributed by atoms with van der Waals surface area (Å²) in [4.78, 5) is 2.19. The molecule has 4 nitrogen and oxygen atoms in total. The van der Waals surface area contributed by atoms with Crippen molar-refractivity contribution in [3.05, 3.63) is 6.20 Å². The van der Waals surface area contributed by atoms with Crippen LogP contribution in [-0.2, 0) is 7.05 Å². The number of nitrogens with two attached hydrogens (primary N) is 1. The minimum absolute atomic E-state index is 0.548. The van der Waals surface area contributed by atoms with Crippen LogP contribution >= 0.6 is 0 Å².